The number of hydrogen-bond acceptors (Lipinski definition) is 4. The van der Waals surface area contributed by atoms with Gasteiger partial charge in [-0.3, -0.25) is 9.59 Å². The molecule has 0 saturated heterocycles. The van der Waals surface area contributed by atoms with E-state index < -0.39 is 11.9 Å². The second kappa shape index (κ2) is 6.12. The number of carbonyl (C=O) groups is 2. The standard InChI is InChI=1S/C16H14O4/c1-20-14-9-5-8-12(13(14)10-17)16(19)15(18)11-6-3-2-4-7-11/h2-10,15,18H,1H3. The second-order valence-electron chi connectivity index (χ2n) is 4.22. The Balaban J connectivity index is 2.41. The average Bonchev–Trinajstić information content (AvgIpc) is 2.53. The van der Waals surface area contributed by atoms with Crippen LogP contribution in [0.1, 0.15) is 32.4 Å². The van der Waals surface area contributed by atoms with Crippen LogP contribution in [0.2, 0.25) is 0 Å². The summed E-state index contributed by atoms with van der Waals surface area (Å²) >= 11 is 0. The zero-order valence-electron chi connectivity index (χ0n) is 10.9. The molecule has 0 fully saturated rings. The highest BCUT2D eigenvalue weighted by molar-refractivity contribution is 6.06. The van der Waals surface area contributed by atoms with Gasteiger partial charge in [-0.2, -0.15) is 0 Å². The number of methoxy groups -OCH3 is 1. The lowest BCUT2D eigenvalue weighted by Gasteiger charge is -2.13. The summed E-state index contributed by atoms with van der Waals surface area (Å²) in [6.45, 7) is 0. The Bertz CT molecular complexity index is 620. The summed E-state index contributed by atoms with van der Waals surface area (Å²) in [6, 6.07) is 13.3. The molecule has 0 aliphatic heterocycles. The van der Waals surface area contributed by atoms with E-state index in [1.807, 2.05) is 0 Å². The zero-order chi connectivity index (χ0) is 14.5. The first-order chi connectivity index (χ1) is 9.69. The molecule has 0 radical (unpaired) electrons. The first-order valence-corrected chi connectivity index (χ1v) is 6.08. The van der Waals surface area contributed by atoms with Gasteiger partial charge in [-0.1, -0.05) is 42.5 Å². The van der Waals surface area contributed by atoms with Crippen molar-refractivity contribution in [3.05, 3.63) is 65.2 Å². The molecular formula is C16H14O4. The summed E-state index contributed by atoms with van der Waals surface area (Å²) < 4.78 is 5.05. The molecular weight excluding hydrogens is 256 g/mol. The maximum absolute atomic E-state index is 12.3. The van der Waals surface area contributed by atoms with Crippen molar-refractivity contribution in [3.63, 3.8) is 0 Å². The number of aliphatic hydroxyl groups is 1. The molecule has 0 bridgehead atoms. The van der Waals surface area contributed by atoms with Gasteiger partial charge in [0, 0.05) is 5.56 Å². The number of Topliss-reactive ketones (excluding diaryl/α,β-unsaturated/α-hetero) is 1. The van der Waals surface area contributed by atoms with Crippen molar-refractivity contribution in [1.82, 2.24) is 0 Å². The van der Waals surface area contributed by atoms with Gasteiger partial charge in [0.2, 0.25) is 0 Å². The van der Waals surface area contributed by atoms with Gasteiger partial charge in [0.15, 0.2) is 12.1 Å². The third kappa shape index (κ3) is 2.60. The smallest absolute Gasteiger partial charge is 0.196 e. The van der Waals surface area contributed by atoms with Crippen molar-refractivity contribution >= 4 is 12.1 Å². The van der Waals surface area contributed by atoms with Crippen LogP contribution in [0, 0.1) is 0 Å². The number of carbonyl (C=O) groups excluding carboxylic acids is 2. The molecule has 1 N–H and O–H groups in total. The Morgan fingerprint density at radius 1 is 1.15 bits per heavy atom. The van der Waals surface area contributed by atoms with Crippen LogP contribution in [-0.2, 0) is 0 Å². The fraction of sp³-hybridized carbons (Fsp3) is 0.125. The monoisotopic (exact) mass is 270 g/mol. The minimum absolute atomic E-state index is 0.148. The molecule has 1 unspecified atom stereocenters. The highest BCUT2D eigenvalue weighted by Gasteiger charge is 2.23. The molecule has 1 atom stereocenters. The van der Waals surface area contributed by atoms with Crippen molar-refractivity contribution in [3.8, 4) is 5.75 Å². The van der Waals surface area contributed by atoms with Crippen LogP contribution in [0.25, 0.3) is 0 Å². The topological polar surface area (TPSA) is 63.6 Å². The van der Waals surface area contributed by atoms with E-state index in [0.29, 0.717) is 17.6 Å². The molecule has 2 aromatic rings. The van der Waals surface area contributed by atoms with E-state index in [9.17, 15) is 14.7 Å². The maximum Gasteiger partial charge on any atom is 0.196 e. The molecule has 0 heterocycles. The lowest BCUT2D eigenvalue weighted by molar-refractivity contribution is 0.0744. The number of rotatable bonds is 5. The number of ether oxygens (including phenoxy) is 1. The summed E-state index contributed by atoms with van der Waals surface area (Å²) in [6.07, 6.45) is -0.744. The van der Waals surface area contributed by atoms with Gasteiger partial charge in [-0.25, -0.2) is 0 Å². The molecule has 0 saturated carbocycles. The lowest BCUT2D eigenvalue weighted by atomic mass is 9.96. The van der Waals surface area contributed by atoms with Crippen LogP contribution in [0.4, 0.5) is 0 Å². The molecule has 20 heavy (non-hydrogen) atoms. The summed E-state index contributed by atoms with van der Waals surface area (Å²) in [4.78, 5) is 23.5. The number of aliphatic hydroxyl groups excluding tert-OH is 1. The van der Waals surface area contributed by atoms with Crippen molar-refractivity contribution in [2.45, 2.75) is 6.10 Å². The summed E-state index contributed by atoms with van der Waals surface area (Å²) in [5, 5.41) is 10.1. The number of hydrogen-bond donors (Lipinski definition) is 1. The van der Waals surface area contributed by atoms with Crippen LogP contribution >= 0.6 is 0 Å². The maximum atomic E-state index is 12.3. The molecule has 0 aliphatic carbocycles. The molecule has 0 spiro atoms. The quantitative estimate of drug-likeness (QED) is 0.669. The summed E-state index contributed by atoms with van der Waals surface area (Å²) in [5.41, 5.74) is 0.780. The largest absolute Gasteiger partial charge is 0.496 e. The van der Waals surface area contributed by atoms with Crippen molar-refractivity contribution in [2.75, 3.05) is 7.11 Å². The highest BCUT2D eigenvalue weighted by atomic mass is 16.5. The van der Waals surface area contributed by atoms with Gasteiger partial charge in [0.25, 0.3) is 0 Å². The van der Waals surface area contributed by atoms with E-state index in [0.717, 1.165) is 0 Å². The van der Waals surface area contributed by atoms with Gasteiger partial charge >= 0.3 is 0 Å². The molecule has 2 rings (SSSR count). The minimum Gasteiger partial charge on any atom is -0.496 e. The summed E-state index contributed by atoms with van der Waals surface area (Å²) in [7, 11) is 1.42. The Kier molecular flexibility index (Phi) is 4.27. The van der Waals surface area contributed by atoms with Gasteiger partial charge < -0.3 is 9.84 Å². The van der Waals surface area contributed by atoms with Crippen molar-refractivity contribution in [2.24, 2.45) is 0 Å². The molecule has 102 valence electrons. The van der Waals surface area contributed by atoms with Crippen LogP contribution < -0.4 is 4.74 Å². The first kappa shape index (κ1) is 14.0. The van der Waals surface area contributed by atoms with E-state index in [4.69, 9.17) is 4.74 Å². The zero-order valence-corrected chi connectivity index (χ0v) is 10.9. The molecule has 0 amide bonds. The predicted octanol–water partition coefficient (Wildman–Crippen LogP) is 2.42. The summed E-state index contributed by atoms with van der Waals surface area (Å²) in [5.74, 6) is -0.219. The van der Waals surface area contributed by atoms with Gasteiger partial charge in [0.05, 0.1) is 12.7 Å². The van der Waals surface area contributed by atoms with E-state index in [2.05, 4.69) is 0 Å². The highest BCUT2D eigenvalue weighted by Crippen LogP contribution is 2.25. The Labute approximate surface area is 116 Å². The fourth-order valence-electron chi connectivity index (χ4n) is 1.99. The predicted molar refractivity (Wildman–Crippen MR) is 74.1 cm³/mol. The number of aldehydes is 1. The van der Waals surface area contributed by atoms with Crippen molar-refractivity contribution in [1.29, 1.82) is 0 Å². The van der Waals surface area contributed by atoms with E-state index in [1.54, 1.807) is 42.5 Å². The third-order valence-corrected chi connectivity index (χ3v) is 3.03. The van der Waals surface area contributed by atoms with Crippen LogP contribution in [-0.4, -0.2) is 24.3 Å². The van der Waals surface area contributed by atoms with Crippen LogP contribution in [0.3, 0.4) is 0 Å². The minimum atomic E-state index is -1.30. The van der Waals surface area contributed by atoms with E-state index >= 15 is 0 Å². The van der Waals surface area contributed by atoms with Gasteiger partial charge in [-0.05, 0) is 11.6 Å². The first-order valence-electron chi connectivity index (χ1n) is 6.08. The molecule has 2 aromatic carbocycles. The van der Waals surface area contributed by atoms with Crippen LogP contribution in [0.5, 0.6) is 5.75 Å². The Morgan fingerprint density at radius 2 is 1.85 bits per heavy atom. The molecule has 4 nitrogen and oxygen atoms in total. The number of benzene rings is 2. The number of ketones is 1. The normalized spacial score (nSPS) is 11.7. The van der Waals surface area contributed by atoms with Gasteiger partial charge in [0.1, 0.15) is 11.9 Å². The van der Waals surface area contributed by atoms with Gasteiger partial charge in [-0.15, -0.1) is 0 Å². The van der Waals surface area contributed by atoms with Crippen LogP contribution in [0.15, 0.2) is 48.5 Å². The second-order valence-corrected chi connectivity index (χ2v) is 4.22. The average molecular weight is 270 g/mol. The Morgan fingerprint density at radius 3 is 2.45 bits per heavy atom. The van der Waals surface area contributed by atoms with E-state index in [1.165, 1.54) is 13.2 Å². The molecule has 0 aromatic heterocycles. The SMILES string of the molecule is COc1cccc(C(=O)C(O)c2ccccc2)c1C=O. The van der Waals surface area contributed by atoms with E-state index in [-0.39, 0.29) is 11.1 Å². The molecule has 0 aliphatic rings. The lowest BCUT2D eigenvalue weighted by Crippen LogP contribution is -2.14. The fourth-order valence-corrected chi connectivity index (χ4v) is 1.99. The van der Waals surface area contributed by atoms with Crippen molar-refractivity contribution < 1.29 is 19.4 Å². The molecule has 4 heteroatoms. The third-order valence-electron chi connectivity index (χ3n) is 3.03. The Hall–Kier alpha value is -2.46.